The minimum atomic E-state index is -4.84. The standard InChI is InChI=1S/C13H9Cl2F3N4O2/c1-24-12-20-19-11(13(16,17)18)22(12)21-9(8(15)10(21)23)6-4-2-3-5-7(6)14/h2-5,8-9H,1H3. The third-order valence-electron chi connectivity index (χ3n) is 3.49. The number of hydrogen-bond donors (Lipinski definition) is 0. The maximum atomic E-state index is 13.2. The van der Waals surface area contributed by atoms with E-state index in [-0.39, 0.29) is 5.02 Å². The summed E-state index contributed by atoms with van der Waals surface area (Å²) in [6.07, 6.45) is -4.84. The van der Waals surface area contributed by atoms with Gasteiger partial charge in [-0.1, -0.05) is 34.9 Å². The smallest absolute Gasteiger partial charge is 0.453 e. The molecule has 2 aromatic rings. The van der Waals surface area contributed by atoms with Gasteiger partial charge >= 0.3 is 12.2 Å². The zero-order chi connectivity index (χ0) is 17.6. The number of amides is 1. The second kappa shape index (κ2) is 5.82. The lowest BCUT2D eigenvalue weighted by molar-refractivity contribution is -0.149. The molecule has 1 saturated heterocycles. The largest absolute Gasteiger partial charge is 0.466 e. The highest BCUT2D eigenvalue weighted by Gasteiger charge is 2.53. The van der Waals surface area contributed by atoms with Crippen molar-refractivity contribution >= 4 is 29.1 Å². The first-order valence-corrected chi connectivity index (χ1v) is 7.37. The van der Waals surface area contributed by atoms with Gasteiger partial charge in [-0.3, -0.25) is 4.79 Å². The number of benzene rings is 1. The Morgan fingerprint density at radius 3 is 2.50 bits per heavy atom. The Balaban J connectivity index is 2.13. The Hall–Kier alpha value is -2.00. The van der Waals surface area contributed by atoms with Gasteiger partial charge in [-0.2, -0.15) is 17.8 Å². The van der Waals surface area contributed by atoms with Crippen molar-refractivity contribution in [2.75, 3.05) is 12.1 Å². The fourth-order valence-electron chi connectivity index (χ4n) is 2.43. The van der Waals surface area contributed by atoms with E-state index in [1.54, 1.807) is 24.3 Å². The number of carbonyl (C=O) groups excluding carboxylic acids is 1. The third kappa shape index (κ3) is 2.48. The van der Waals surface area contributed by atoms with Crippen LogP contribution in [0.2, 0.25) is 5.02 Å². The molecule has 0 spiro atoms. The van der Waals surface area contributed by atoms with Crippen molar-refractivity contribution in [2.45, 2.75) is 17.6 Å². The van der Waals surface area contributed by atoms with Gasteiger partial charge in [-0.15, -0.1) is 16.7 Å². The molecule has 3 rings (SSSR count). The van der Waals surface area contributed by atoms with E-state index in [1.807, 2.05) is 0 Å². The maximum Gasteiger partial charge on any atom is 0.453 e. The minimum Gasteiger partial charge on any atom is -0.466 e. The predicted molar refractivity (Wildman–Crippen MR) is 78.6 cm³/mol. The number of ether oxygens (including phenoxy) is 1. The van der Waals surface area contributed by atoms with Crippen LogP contribution in [-0.2, 0) is 11.0 Å². The number of hydrogen-bond acceptors (Lipinski definition) is 4. The Labute approximate surface area is 143 Å². The molecule has 2 unspecified atom stereocenters. The number of nitrogens with zero attached hydrogens (tertiary/aromatic N) is 4. The number of methoxy groups -OCH3 is 1. The van der Waals surface area contributed by atoms with E-state index in [0.29, 0.717) is 10.2 Å². The van der Waals surface area contributed by atoms with Crippen LogP contribution in [0.25, 0.3) is 0 Å². The number of rotatable bonds is 3. The molecule has 11 heteroatoms. The minimum absolute atomic E-state index is 0.270. The van der Waals surface area contributed by atoms with Gasteiger partial charge in [0, 0.05) is 5.02 Å². The van der Waals surface area contributed by atoms with Crippen molar-refractivity contribution in [3.63, 3.8) is 0 Å². The highest BCUT2D eigenvalue weighted by atomic mass is 35.5. The molecule has 0 bridgehead atoms. The van der Waals surface area contributed by atoms with Crippen molar-refractivity contribution in [3.05, 3.63) is 40.7 Å². The molecule has 0 radical (unpaired) electrons. The number of alkyl halides is 4. The lowest BCUT2D eigenvalue weighted by Gasteiger charge is -2.44. The second-order valence-corrected chi connectivity index (χ2v) is 5.75. The molecule has 1 aromatic heterocycles. The molecule has 24 heavy (non-hydrogen) atoms. The van der Waals surface area contributed by atoms with Crippen LogP contribution in [0.3, 0.4) is 0 Å². The zero-order valence-corrected chi connectivity index (χ0v) is 13.5. The molecule has 0 saturated carbocycles. The van der Waals surface area contributed by atoms with Gasteiger partial charge in [0.15, 0.2) is 0 Å². The molecule has 1 aliphatic rings. The summed E-state index contributed by atoms with van der Waals surface area (Å²) in [5.74, 6) is -2.14. The van der Waals surface area contributed by atoms with Crippen LogP contribution >= 0.6 is 23.2 Å². The van der Waals surface area contributed by atoms with E-state index in [9.17, 15) is 18.0 Å². The van der Waals surface area contributed by atoms with Gasteiger partial charge in [0.1, 0.15) is 11.4 Å². The summed E-state index contributed by atoms with van der Waals surface area (Å²) in [5, 5.41) is 6.37. The normalized spacial score (nSPS) is 20.9. The Morgan fingerprint density at radius 1 is 1.25 bits per heavy atom. The molecule has 128 valence electrons. The van der Waals surface area contributed by atoms with E-state index in [4.69, 9.17) is 27.9 Å². The highest BCUT2D eigenvalue weighted by Crippen LogP contribution is 2.42. The van der Waals surface area contributed by atoms with Gasteiger partial charge in [0.2, 0.25) is 0 Å². The first-order chi connectivity index (χ1) is 11.3. The van der Waals surface area contributed by atoms with Crippen molar-refractivity contribution in [2.24, 2.45) is 0 Å². The monoisotopic (exact) mass is 380 g/mol. The Morgan fingerprint density at radius 2 is 1.92 bits per heavy atom. The van der Waals surface area contributed by atoms with E-state index in [0.717, 1.165) is 12.1 Å². The summed E-state index contributed by atoms with van der Waals surface area (Å²) in [6, 6.07) is 5.01. The fraction of sp³-hybridized carbons (Fsp3) is 0.308. The summed E-state index contributed by atoms with van der Waals surface area (Å²) in [7, 11) is 1.12. The molecule has 1 aliphatic heterocycles. The third-order valence-corrected chi connectivity index (χ3v) is 4.26. The molecule has 1 fully saturated rings. The number of halogens is 5. The molecule has 0 aliphatic carbocycles. The van der Waals surface area contributed by atoms with Gasteiger partial charge in [-0.25, -0.2) is 5.01 Å². The lowest BCUT2D eigenvalue weighted by Crippen LogP contribution is -2.62. The molecular weight excluding hydrogens is 372 g/mol. The van der Waals surface area contributed by atoms with E-state index in [1.165, 1.54) is 0 Å². The fourth-order valence-corrected chi connectivity index (χ4v) is 3.02. The van der Waals surface area contributed by atoms with Crippen LogP contribution in [0.4, 0.5) is 13.2 Å². The number of aromatic nitrogens is 3. The topological polar surface area (TPSA) is 60.3 Å². The van der Waals surface area contributed by atoms with Crippen LogP contribution in [-0.4, -0.2) is 33.3 Å². The van der Waals surface area contributed by atoms with Gasteiger partial charge in [-0.05, 0) is 11.6 Å². The first kappa shape index (κ1) is 16.8. The van der Waals surface area contributed by atoms with E-state index in [2.05, 4.69) is 10.2 Å². The Kier molecular flexibility index (Phi) is 4.08. The lowest BCUT2D eigenvalue weighted by atomic mass is 9.95. The average Bonchev–Trinajstić information content (AvgIpc) is 2.96. The van der Waals surface area contributed by atoms with Crippen LogP contribution in [0.15, 0.2) is 24.3 Å². The molecule has 2 heterocycles. The summed E-state index contributed by atoms with van der Waals surface area (Å²) in [5.41, 5.74) is 0.405. The van der Waals surface area contributed by atoms with Crippen LogP contribution < -0.4 is 9.75 Å². The van der Waals surface area contributed by atoms with Crippen LogP contribution in [0.5, 0.6) is 6.01 Å². The molecule has 1 aromatic carbocycles. The molecule has 1 amide bonds. The summed E-state index contributed by atoms with van der Waals surface area (Å²) in [4.78, 5) is 12.2. The van der Waals surface area contributed by atoms with E-state index >= 15 is 0 Å². The van der Waals surface area contributed by atoms with Gasteiger partial charge < -0.3 is 4.74 Å². The average molecular weight is 381 g/mol. The quantitative estimate of drug-likeness (QED) is 0.606. The number of carbonyl (C=O) groups is 1. The molecular formula is C13H9Cl2F3N4O2. The zero-order valence-electron chi connectivity index (χ0n) is 12.0. The van der Waals surface area contributed by atoms with Crippen molar-refractivity contribution in [1.82, 2.24) is 14.9 Å². The Bertz CT molecular complexity index is 796. The predicted octanol–water partition coefficient (Wildman–Crippen LogP) is 2.79. The molecule has 6 nitrogen and oxygen atoms in total. The van der Waals surface area contributed by atoms with Crippen molar-refractivity contribution in [3.8, 4) is 6.01 Å². The summed E-state index contributed by atoms with van der Waals surface area (Å²) >= 11 is 12.1. The van der Waals surface area contributed by atoms with Gasteiger partial charge in [0.05, 0.1) is 7.11 Å². The van der Waals surface area contributed by atoms with E-state index < -0.39 is 35.3 Å². The highest BCUT2D eigenvalue weighted by molar-refractivity contribution is 6.37. The van der Waals surface area contributed by atoms with Crippen molar-refractivity contribution in [1.29, 1.82) is 0 Å². The summed E-state index contributed by atoms with van der Waals surface area (Å²) < 4.78 is 44.8. The van der Waals surface area contributed by atoms with Gasteiger partial charge in [0.25, 0.3) is 11.7 Å². The number of β-lactam (4-membered cyclic amide) rings is 1. The van der Waals surface area contributed by atoms with Crippen LogP contribution in [0.1, 0.15) is 17.4 Å². The molecule has 0 N–H and O–H groups in total. The molecule has 2 atom stereocenters. The first-order valence-electron chi connectivity index (χ1n) is 6.55. The summed E-state index contributed by atoms with van der Waals surface area (Å²) in [6.45, 7) is 0. The van der Waals surface area contributed by atoms with Crippen molar-refractivity contribution < 1.29 is 22.7 Å². The van der Waals surface area contributed by atoms with Crippen LogP contribution in [0, 0.1) is 0 Å². The second-order valence-electron chi connectivity index (χ2n) is 4.87. The SMILES string of the molecule is COc1nnc(C(F)(F)F)n1N1C(=O)C(Cl)C1c1ccccc1Cl. The maximum absolute atomic E-state index is 13.2.